The summed E-state index contributed by atoms with van der Waals surface area (Å²) in [5.41, 5.74) is 6.54. The summed E-state index contributed by atoms with van der Waals surface area (Å²) in [5, 5.41) is 0. The molecule has 1 amide bonds. The molecule has 6 heteroatoms. The van der Waals surface area contributed by atoms with Gasteiger partial charge in [0.2, 0.25) is 5.91 Å². The Morgan fingerprint density at radius 3 is 2.28 bits per heavy atom. The second kappa shape index (κ2) is 9.78. The normalized spacial score (nSPS) is 16.8. The van der Waals surface area contributed by atoms with Gasteiger partial charge in [-0.15, -0.1) is 0 Å². The highest BCUT2D eigenvalue weighted by Crippen LogP contribution is 2.31. The standard InChI is InChI=1S/C30H32N4O2/c1-36-26-13-10-23(11-14-26)29-27(21-32-16-18-33(19-17-32)30(35)24-8-5-9-24)34-20-25(12-15-28(34)31-29)22-6-3-2-4-7-22/h2-4,6-7,10-15,20,24H,5,8-9,16-19,21H2,1H3. The van der Waals surface area contributed by atoms with Gasteiger partial charge in [-0.05, 0) is 60.4 Å². The Morgan fingerprint density at radius 1 is 0.889 bits per heavy atom. The third-order valence-electron chi connectivity index (χ3n) is 7.70. The van der Waals surface area contributed by atoms with Crippen molar-refractivity contribution < 1.29 is 9.53 Å². The lowest BCUT2D eigenvalue weighted by Gasteiger charge is -2.38. The highest BCUT2D eigenvalue weighted by Gasteiger charge is 2.31. The maximum Gasteiger partial charge on any atom is 0.225 e. The van der Waals surface area contributed by atoms with E-state index < -0.39 is 0 Å². The first-order valence-corrected chi connectivity index (χ1v) is 12.9. The van der Waals surface area contributed by atoms with Crippen LogP contribution in [0, 0.1) is 5.92 Å². The van der Waals surface area contributed by atoms with Crippen LogP contribution in [0.25, 0.3) is 28.0 Å². The maximum atomic E-state index is 12.7. The van der Waals surface area contributed by atoms with Crippen molar-refractivity contribution in [2.75, 3.05) is 33.3 Å². The van der Waals surface area contributed by atoms with Crippen LogP contribution in [0.3, 0.4) is 0 Å². The van der Waals surface area contributed by atoms with Gasteiger partial charge in [0.15, 0.2) is 0 Å². The Hall–Kier alpha value is -3.64. The van der Waals surface area contributed by atoms with Gasteiger partial charge >= 0.3 is 0 Å². The highest BCUT2D eigenvalue weighted by atomic mass is 16.5. The number of nitrogens with zero attached hydrogens (tertiary/aromatic N) is 4. The lowest BCUT2D eigenvalue weighted by molar-refractivity contribution is -0.140. The van der Waals surface area contributed by atoms with Crippen LogP contribution < -0.4 is 4.74 Å². The molecule has 1 saturated heterocycles. The molecule has 36 heavy (non-hydrogen) atoms. The molecule has 0 spiro atoms. The Balaban J connectivity index is 1.32. The van der Waals surface area contributed by atoms with Crippen molar-refractivity contribution in [3.63, 3.8) is 0 Å². The lowest BCUT2D eigenvalue weighted by Crippen LogP contribution is -2.50. The minimum absolute atomic E-state index is 0.272. The number of benzene rings is 2. The van der Waals surface area contributed by atoms with Crippen molar-refractivity contribution in [2.24, 2.45) is 5.92 Å². The number of hydrogen-bond donors (Lipinski definition) is 0. The molecule has 4 aromatic rings. The fraction of sp³-hybridized carbons (Fsp3) is 0.333. The molecule has 2 aromatic heterocycles. The number of carbonyl (C=O) groups excluding carboxylic acids is 1. The molecule has 6 nitrogen and oxygen atoms in total. The van der Waals surface area contributed by atoms with E-state index in [9.17, 15) is 4.79 Å². The summed E-state index contributed by atoms with van der Waals surface area (Å²) < 4.78 is 7.62. The van der Waals surface area contributed by atoms with Crippen molar-refractivity contribution in [3.05, 3.63) is 78.6 Å². The maximum absolute atomic E-state index is 12.7. The second-order valence-electron chi connectivity index (χ2n) is 9.88. The fourth-order valence-electron chi connectivity index (χ4n) is 5.28. The Morgan fingerprint density at radius 2 is 1.61 bits per heavy atom. The molecule has 1 aliphatic carbocycles. The first-order chi connectivity index (χ1) is 17.7. The van der Waals surface area contributed by atoms with Crippen LogP contribution in [-0.4, -0.2) is 58.4 Å². The van der Waals surface area contributed by atoms with E-state index in [1.165, 1.54) is 23.2 Å². The first kappa shape index (κ1) is 22.8. The van der Waals surface area contributed by atoms with Gasteiger partial charge in [0.05, 0.1) is 18.5 Å². The predicted octanol–water partition coefficient (Wildman–Crippen LogP) is 5.12. The molecule has 2 aromatic carbocycles. The van der Waals surface area contributed by atoms with Crippen molar-refractivity contribution >= 4 is 11.6 Å². The van der Waals surface area contributed by atoms with Gasteiger partial charge in [-0.1, -0.05) is 36.8 Å². The van der Waals surface area contributed by atoms with Gasteiger partial charge in [-0.3, -0.25) is 9.69 Å². The van der Waals surface area contributed by atoms with Gasteiger partial charge in [-0.25, -0.2) is 4.98 Å². The molecule has 2 aliphatic rings. The number of rotatable bonds is 6. The van der Waals surface area contributed by atoms with E-state index in [1.54, 1.807) is 7.11 Å². The highest BCUT2D eigenvalue weighted by molar-refractivity contribution is 5.79. The number of aromatic nitrogens is 2. The van der Waals surface area contributed by atoms with Gasteiger partial charge in [-0.2, -0.15) is 0 Å². The fourth-order valence-corrected chi connectivity index (χ4v) is 5.28. The molecule has 0 atom stereocenters. The predicted molar refractivity (Wildman–Crippen MR) is 142 cm³/mol. The van der Waals surface area contributed by atoms with Crippen LogP contribution in [0.4, 0.5) is 0 Å². The molecule has 1 saturated carbocycles. The number of ether oxygens (including phenoxy) is 1. The van der Waals surface area contributed by atoms with Crippen LogP contribution in [0.2, 0.25) is 0 Å². The van der Waals surface area contributed by atoms with Crippen LogP contribution in [0.1, 0.15) is 25.0 Å². The van der Waals surface area contributed by atoms with E-state index in [0.717, 1.165) is 68.2 Å². The number of hydrogen-bond acceptors (Lipinski definition) is 4. The molecular formula is C30H32N4O2. The van der Waals surface area contributed by atoms with Gasteiger partial charge in [0.1, 0.15) is 11.4 Å². The zero-order valence-corrected chi connectivity index (χ0v) is 20.8. The number of imidazole rings is 1. The SMILES string of the molecule is COc1ccc(-c2nc3ccc(-c4ccccc4)cn3c2CN2CCN(C(=O)C3CCC3)CC2)cc1. The minimum Gasteiger partial charge on any atom is -0.497 e. The summed E-state index contributed by atoms with van der Waals surface area (Å²) in [6, 6.07) is 22.9. The average molecular weight is 481 g/mol. The molecule has 2 fully saturated rings. The van der Waals surface area contributed by atoms with E-state index in [2.05, 4.69) is 68.9 Å². The minimum atomic E-state index is 0.272. The smallest absolute Gasteiger partial charge is 0.225 e. The summed E-state index contributed by atoms with van der Waals surface area (Å²) in [5.74, 6) is 1.47. The van der Waals surface area contributed by atoms with E-state index in [-0.39, 0.29) is 5.92 Å². The Labute approximate surface area is 212 Å². The molecule has 0 unspecified atom stereocenters. The van der Waals surface area contributed by atoms with Crippen molar-refractivity contribution in [2.45, 2.75) is 25.8 Å². The molecular weight excluding hydrogens is 448 g/mol. The molecule has 0 bridgehead atoms. The Kier molecular flexibility index (Phi) is 6.20. The summed E-state index contributed by atoms with van der Waals surface area (Å²) >= 11 is 0. The third-order valence-corrected chi connectivity index (χ3v) is 7.70. The van der Waals surface area contributed by atoms with E-state index >= 15 is 0 Å². The largest absolute Gasteiger partial charge is 0.497 e. The molecule has 0 radical (unpaired) electrons. The summed E-state index contributed by atoms with van der Waals surface area (Å²) in [4.78, 5) is 22.3. The molecule has 0 N–H and O–H groups in total. The second-order valence-corrected chi connectivity index (χ2v) is 9.88. The van der Waals surface area contributed by atoms with Gasteiger partial charge in [0.25, 0.3) is 0 Å². The number of amides is 1. The molecule has 184 valence electrons. The number of carbonyl (C=O) groups is 1. The van der Waals surface area contributed by atoms with Crippen molar-refractivity contribution in [1.82, 2.24) is 19.2 Å². The zero-order chi connectivity index (χ0) is 24.5. The quantitative estimate of drug-likeness (QED) is 0.384. The van der Waals surface area contributed by atoms with Crippen molar-refractivity contribution in [3.8, 4) is 28.1 Å². The number of fused-ring (bicyclic) bond motifs is 1. The molecule has 1 aliphatic heterocycles. The van der Waals surface area contributed by atoms with E-state index in [0.29, 0.717) is 5.91 Å². The molecule has 6 rings (SSSR count). The van der Waals surface area contributed by atoms with Crippen LogP contribution in [-0.2, 0) is 11.3 Å². The molecule has 3 heterocycles. The van der Waals surface area contributed by atoms with E-state index in [1.807, 2.05) is 18.2 Å². The lowest BCUT2D eigenvalue weighted by atomic mass is 9.84. The monoisotopic (exact) mass is 480 g/mol. The first-order valence-electron chi connectivity index (χ1n) is 12.9. The number of pyridine rings is 1. The zero-order valence-electron chi connectivity index (χ0n) is 20.8. The number of piperazine rings is 1. The third kappa shape index (κ3) is 4.37. The van der Waals surface area contributed by atoms with E-state index in [4.69, 9.17) is 9.72 Å². The van der Waals surface area contributed by atoms with Crippen molar-refractivity contribution in [1.29, 1.82) is 0 Å². The van der Waals surface area contributed by atoms with Gasteiger partial charge < -0.3 is 14.0 Å². The summed E-state index contributed by atoms with van der Waals surface area (Å²) in [6.07, 6.45) is 5.53. The average Bonchev–Trinajstić information content (AvgIpc) is 3.26. The number of methoxy groups -OCH3 is 1. The van der Waals surface area contributed by atoms with Crippen LogP contribution in [0.5, 0.6) is 5.75 Å². The summed E-state index contributed by atoms with van der Waals surface area (Å²) in [6.45, 7) is 4.16. The van der Waals surface area contributed by atoms with Gasteiger partial charge in [0, 0.05) is 50.4 Å². The Bertz CT molecular complexity index is 1350. The van der Waals surface area contributed by atoms with Crippen LogP contribution in [0.15, 0.2) is 72.9 Å². The summed E-state index contributed by atoms with van der Waals surface area (Å²) in [7, 11) is 1.69. The topological polar surface area (TPSA) is 50.1 Å². The van der Waals surface area contributed by atoms with Crippen LogP contribution >= 0.6 is 0 Å².